The second kappa shape index (κ2) is 8.80. The second-order valence-electron chi connectivity index (χ2n) is 15.1. The van der Waals surface area contributed by atoms with Gasteiger partial charge in [-0.1, -0.05) is 45.4 Å². The first-order chi connectivity index (χ1) is 17.9. The third-order valence-corrected chi connectivity index (χ3v) is 13.0. The van der Waals surface area contributed by atoms with Crippen molar-refractivity contribution in [1.82, 2.24) is 0 Å². The molecule has 38 heavy (non-hydrogen) atoms. The van der Waals surface area contributed by atoms with Gasteiger partial charge in [0.15, 0.2) is 0 Å². The van der Waals surface area contributed by atoms with Gasteiger partial charge in [-0.2, -0.15) is 0 Å². The summed E-state index contributed by atoms with van der Waals surface area (Å²) in [6, 6.07) is 6.05. The van der Waals surface area contributed by atoms with Gasteiger partial charge in [0.1, 0.15) is 11.9 Å². The molecule has 1 aliphatic heterocycles. The summed E-state index contributed by atoms with van der Waals surface area (Å²) >= 11 is 0. The molecule has 5 aliphatic rings. The van der Waals surface area contributed by atoms with Gasteiger partial charge < -0.3 is 15.8 Å². The van der Waals surface area contributed by atoms with E-state index in [1.54, 1.807) is 5.57 Å². The van der Waals surface area contributed by atoms with Crippen molar-refractivity contribution in [3.05, 3.63) is 41.5 Å². The molecule has 3 saturated carbocycles. The molecule has 208 valence electrons. The maximum atomic E-state index is 6.65. The maximum Gasteiger partial charge on any atom is 0.143 e. The van der Waals surface area contributed by atoms with E-state index in [4.69, 9.17) is 10.5 Å². The molecule has 0 radical (unpaired) electrons. The minimum atomic E-state index is -0.169. The topological polar surface area (TPSA) is 47.3 Å². The molecule has 1 aromatic carbocycles. The molecule has 0 saturated heterocycles. The van der Waals surface area contributed by atoms with Crippen LogP contribution in [0.15, 0.2) is 41.5 Å². The van der Waals surface area contributed by atoms with E-state index in [0.717, 1.165) is 47.2 Å². The molecule has 1 aromatic rings. The number of ether oxygens (including phenoxy) is 1. The van der Waals surface area contributed by atoms with E-state index in [9.17, 15) is 0 Å². The summed E-state index contributed by atoms with van der Waals surface area (Å²) in [5, 5.41) is 3.97. The Kier molecular flexibility index (Phi) is 6.10. The molecule has 1 heterocycles. The summed E-state index contributed by atoms with van der Waals surface area (Å²) in [6.45, 7) is 17.5. The zero-order valence-corrected chi connectivity index (χ0v) is 25.1. The van der Waals surface area contributed by atoms with Gasteiger partial charge >= 0.3 is 0 Å². The van der Waals surface area contributed by atoms with Gasteiger partial charge in [0.05, 0.1) is 11.2 Å². The molecule has 3 nitrogen and oxygen atoms in total. The van der Waals surface area contributed by atoms with Crippen LogP contribution in [0.5, 0.6) is 5.75 Å². The lowest BCUT2D eigenvalue weighted by molar-refractivity contribution is -0.117. The number of hydrogen-bond donors (Lipinski definition) is 2. The number of nitrogens with one attached hydrogen (secondary N) is 1. The quantitative estimate of drug-likeness (QED) is 0.310. The minimum absolute atomic E-state index is 0.169. The Morgan fingerprint density at radius 1 is 1.05 bits per heavy atom. The number of benzene rings is 1. The Bertz CT molecular complexity index is 1160. The van der Waals surface area contributed by atoms with Crippen LogP contribution in [0.3, 0.4) is 0 Å². The van der Waals surface area contributed by atoms with Gasteiger partial charge in [0.25, 0.3) is 0 Å². The third kappa shape index (κ3) is 3.58. The predicted molar refractivity (Wildman–Crippen MR) is 160 cm³/mol. The van der Waals surface area contributed by atoms with Crippen LogP contribution in [0.25, 0.3) is 0 Å². The summed E-state index contributed by atoms with van der Waals surface area (Å²) in [4.78, 5) is 0. The highest BCUT2D eigenvalue weighted by molar-refractivity contribution is 5.68. The van der Waals surface area contributed by atoms with E-state index in [1.165, 1.54) is 56.9 Å². The molecular formula is C35H52N2O. The van der Waals surface area contributed by atoms with E-state index in [0.29, 0.717) is 10.8 Å². The highest BCUT2D eigenvalue weighted by atomic mass is 16.5. The van der Waals surface area contributed by atoms with Crippen LogP contribution in [0, 0.1) is 39.9 Å². The number of rotatable bonds is 4. The number of hydrogen-bond acceptors (Lipinski definition) is 3. The summed E-state index contributed by atoms with van der Waals surface area (Å²) in [6.07, 6.45) is 17.1. The van der Waals surface area contributed by atoms with Crippen molar-refractivity contribution < 1.29 is 4.74 Å². The van der Waals surface area contributed by atoms with E-state index in [-0.39, 0.29) is 17.1 Å². The van der Waals surface area contributed by atoms with Crippen molar-refractivity contribution >= 4 is 11.4 Å². The normalized spacial score (nSPS) is 43.6. The molecule has 9 atom stereocenters. The Balaban J connectivity index is 1.30. The smallest absolute Gasteiger partial charge is 0.143 e. The fourth-order valence-electron chi connectivity index (χ4n) is 10.8. The molecule has 0 aromatic heterocycles. The standard InChI is InChI=1S/C35H52N2O/c1-22(2)9-8-10-23(3)25-15-19-34(6)27-12-14-30-32(4,26(27)16-20-33(25,34)5)18-17-31-35(30,7)37-28-21-24(36)11-13-29(28)38-31/h9,11,13-14,21,23,25-27,31,37H,8,10,12,15-20,36H2,1-7H3. The highest BCUT2D eigenvalue weighted by Crippen LogP contribution is 2.73. The summed E-state index contributed by atoms with van der Waals surface area (Å²) in [7, 11) is 0. The lowest BCUT2D eigenvalue weighted by atomic mass is 9.41. The first-order valence-electron chi connectivity index (χ1n) is 15.6. The Hall–Kier alpha value is -1.90. The molecule has 0 bridgehead atoms. The molecule has 3 N–H and O–H groups in total. The van der Waals surface area contributed by atoms with Gasteiger partial charge in [0, 0.05) is 5.69 Å². The summed E-state index contributed by atoms with van der Waals surface area (Å²) in [5.74, 6) is 4.18. The molecule has 9 unspecified atom stereocenters. The number of fused-ring (bicyclic) bond motifs is 8. The van der Waals surface area contributed by atoms with Crippen LogP contribution in [0.1, 0.15) is 106 Å². The third-order valence-electron chi connectivity index (χ3n) is 13.0. The Labute approximate surface area is 232 Å². The first-order valence-corrected chi connectivity index (χ1v) is 15.6. The van der Waals surface area contributed by atoms with Crippen LogP contribution in [0.2, 0.25) is 0 Å². The van der Waals surface area contributed by atoms with Crippen molar-refractivity contribution in [3.8, 4) is 5.75 Å². The fourth-order valence-corrected chi connectivity index (χ4v) is 10.8. The van der Waals surface area contributed by atoms with Crippen molar-refractivity contribution in [2.75, 3.05) is 11.1 Å². The van der Waals surface area contributed by atoms with Gasteiger partial charge in [-0.25, -0.2) is 0 Å². The van der Waals surface area contributed by atoms with E-state index in [1.807, 2.05) is 12.1 Å². The Morgan fingerprint density at radius 2 is 1.82 bits per heavy atom. The zero-order valence-electron chi connectivity index (χ0n) is 25.1. The van der Waals surface area contributed by atoms with Crippen molar-refractivity contribution in [2.45, 2.75) is 118 Å². The maximum absolute atomic E-state index is 6.65. The van der Waals surface area contributed by atoms with Crippen molar-refractivity contribution in [3.63, 3.8) is 0 Å². The largest absolute Gasteiger partial charge is 0.485 e. The molecular weight excluding hydrogens is 464 g/mol. The van der Waals surface area contributed by atoms with Crippen LogP contribution < -0.4 is 15.8 Å². The average Bonchev–Trinajstić information content (AvgIpc) is 3.13. The van der Waals surface area contributed by atoms with Crippen molar-refractivity contribution in [1.29, 1.82) is 0 Å². The number of anilines is 2. The van der Waals surface area contributed by atoms with Gasteiger partial charge in [0.2, 0.25) is 0 Å². The monoisotopic (exact) mass is 516 g/mol. The number of nitrogens with two attached hydrogens (primary N) is 1. The van der Waals surface area contributed by atoms with Crippen LogP contribution in [-0.4, -0.2) is 11.6 Å². The zero-order chi connectivity index (χ0) is 27.1. The van der Waals surface area contributed by atoms with Crippen LogP contribution >= 0.6 is 0 Å². The van der Waals surface area contributed by atoms with Gasteiger partial charge in [-0.05, 0) is 142 Å². The van der Waals surface area contributed by atoms with Gasteiger partial charge in [-0.15, -0.1) is 0 Å². The van der Waals surface area contributed by atoms with E-state index < -0.39 is 0 Å². The summed E-state index contributed by atoms with van der Waals surface area (Å²) in [5.41, 5.74) is 12.1. The van der Waals surface area contributed by atoms with Crippen LogP contribution in [-0.2, 0) is 0 Å². The predicted octanol–water partition coefficient (Wildman–Crippen LogP) is 9.16. The molecule has 6 rings (SSSR count). The second-order valence-corrected chi connectivity index (χ2v) is 15.1. The van der Waals surface area contributed by atoms with E-state index in [2.05, 4.69) is 72.0 Å². The lowest BCUT2D eigenvalue weighted by Gasteiger charge is -2.65. The van der Waals surface area contributed by atoms with Gasteiger partial charge in [-0.3, -0.25) is 0 Å². The average molecular weight is 517 g/mol. The summed E-state index contributed by atoms with van der Waals surface area (Å²) < 4.78 is 6.65. The highest BCUT2D eigenvalue weighted by Gasteiger charge is 2.67. The molecule has 0 spiro atoms. The number of nitrogen functional groups attached to an aromatic ring is 1. The molecule has 3 fully saturated rings. The fraction of sp³-hybridized carbons (Fsp3) is 0.714. The lowest BCUT2D eigenvalue weighted by Crippen LogP contribution is -2.64. The molecule has 3 heteroatoms. The SMILES string of the molecule is CC(C)=CCCC(C)C1CCC2(C)C3CC=C4C(C)(CCC5Oc6ccc(N)cc6NC45C)C3CCC12C. The minimum Gasteiger partial charge on any atom is -0.485 e. The number of allylic oxidation sites excluding steroid dienone is 3. The van der Waals surface area contributed by atoms with Crippen molar-refractivity contribution in [2.24, 2.45) is 39.9 Å². The first kappa shape index (κ1) is 26.3. The van der Waals surface area contributed by atoms with E-state index >= 15 is 0 Å². The van der Waals surface area contributed by atoms with Crippen LogP contribution in [0.4, 0.5) is 11.4 Å². The molecule has 0 amide bonds. The Morgan fingerprint density at radius 3 is 2.58 bits per heavy atom. The molecule has 4 aliphatic carbocycles.